The fraction of sp³-hybridized carbons (Fsp3) is 0.167. The SMILES string of the molecule is COS(=O)(=NC(=O)Nc1ncc(SC)s1)c1cccc(Cl)c1. The Balaban J connectivity index is 2.27. The second kappa shape index (κ2) is 7.42. The van der Waals surface area contributed by atoms with Gasteiger partial charge in [0.1, 0.15) is 0 Å². The van der Waals surface area contributed by atoms with Crippen molar-refractivity contribution < 1.29 is 13.2 Å². The third-order valence-corrected chi connectivity index (χ3v) is 6.33. The summed E-state index contributed by atoms with van der Waals surface area (Å²) in [5, 5.41) is 3.22. The van der Waals surface area contributed by atoms with Gasteiger partial charge in [-0.2, -0.15) is 0 Å². The minimum atomic E-state index is -3.35. The van der Waals surface area contributed by atoms with Crippen LogP contribution in [0.3, 0.4) is 0 Å². The highest BCUT2D eigenvalue weighted by Crippen LogP contribution is 2.26. The first kappa shape index (κ1) is 17.2. The number of benzene rings is 1. The average Bonchev–Trinajstić information content (AvgIpc) is 2.94. The normalized spacial score (nSPS) is 13.4. The van der Waals surface area contributed by atoms with Crippen molar-refractivity contribution >= 4 is 55.9 Å². The van der Waals surface area contributed by atoms with Crippen molar-refractivity contribution in [3.05, 3.63) is 35.5 Å². The molecule has 0 fully saturated rings. The fourth-order valence-corrected chi connectivity index (χ4v) is 4.13. The molecule has 0 aliphatic heterocycles. The number of thioether (sulfide) groups is 1. The summed E-state index contributed by atoms with van der Waals surface area (Å²) in [5.41, 5.74) is 0. The van der Waals surface area contributed by atoms with E-state index in [0.29, 0.717) is 10.2 Å². The van der Waals surface area contributed by atoms with Gasteiger partial charge in [-0.15, -0.1) is 16.1 Å². The molecular formula is C12H12ClN3O3S3. The van der Waals surface area contributed by atoms with Crippen LogP contribution in [0.5, 0.6) is 0 Å². The maximum atomic E-state index is 12.6. The Morgan fingerprint density at radius 2 is 2.32 bits per heavy atom. The van der Waals surface area contributed by atoms with Gasteiger partial charge in [0.25, 0.3) is 0 Å². The molecule has 118 valence electrons. The van der Waals surface area contributed by atoms with Crippen molar-refractivity contribution in [2.75, 3.05) is 18.7 Å². The number of hydrogen-bond acceptors (Lipinski definition) is 6. The number of hydrogen-bond donors (Lipinski definition) is 1. The molecule has 2 aromatic rings. The van der Waals surface area contributed by atoms with E-state index in [1.165, 1.54) is 42.3 Å². The van der Waals surface area contributed by atoms with Gasteiger partial charge in [-0.05, 0) is 24.5 Å². The van der Waals surface area contributed by atoms with Gasteiger partial charge in [0, 0.05) is 5.02 Å². The number of urea groups is 1. The molecule has 22 heavy (non-hydrogen) atoms. The van der Waals surface area contributed by atoms with E-state index in [2.05, 4.69) is 14.7 Å². The van der Waals surface area contributed by atoms with E-state index in [-0.39, 0.29) is 4.90 Å². The lowest BCUT2D eigenvalue weighted by molar-refractivity contribution is 0.259. The van der Waals surface area contributed by atoms with E-state index in [9.17, 15) is 9.00 Å². The highest BCUT2D eigenvalue weighted by atomic mass is 35.5. The summed E-state index contributed by atoms with van der Waals surface area (Å²) in [4.78, 5) is 16.2. The van der Waals surface area contributed by atoms with E-state index in [0.717, 1.165) is 4.21 Å². The van der Waals surface area contributed by atoms with E-state index in [4.69, 9.17) is 15.8 Å². The molecule has 0 radical (unpaired) electrons. The van der Waals surface area contributed by atoms with Crippen molar-refractivity contribution in [1.29, 1.82) is 0 Å². The average molecular weight is 378 g/mol. The molecule has 0 aliphatic carbocycles. The first-order valence-electron chi connectivity index (χ1n) is 5.86. The Hall–Kier alpha value is -1.13. The predicted octanol–water partition coefficient (Wildman–Crippen LogP) is 4.14. The third kappa shape index (κ3) is 4.20. The Labute approximate surface area is 141 Å². The molecule has 6 nitrogen and oxygen atoms in total. The molecular weight excluding hydrogens is 366 g/mol. The quantitative estimate of drug-likeness (QED) is 0.810. The van der Waals surface area contributed by atoms with Crippen LogP contribution in [-0.4, -0.2) is 28.6 Å². The van der Waals surface area contributed by atoms with Crippen LogP contribution in [0.2, 0.25) is 5.02 Å². The molecule has 1 atom stereocenters. The molecule has 0 bridgehead atoms. The maximum Gasteiger partial charge on any atom is 0.357 e. The summed E-state index contributed by atoms with van der Waals surface area (Å²) in [7, 11) is -2.13. The fourth-order valence-electron chi connectivity index (χ4n) is 1.45. The second-order valence-electron chi connectivity index (χ2n) is 3.81. The monoisotopic (exact) mass is 377 g/mol. The minimum Gasteiger partial charge on any atom is -0.284 e. The predicted molar refractivity (Wildman–Crippen MR) is 90.2 cm³/mol. The second-order valence-corrected chi connectivity index (χ2v) is 8.32. The highest BCUT2D eigenvalue weighted by Gasteiger charge is 2.16. The number of rotatable bonds is 4. The Morgan fingerprint density at radius 3 is 2.91 bits per heavy atom. The zero-order valence-corrected chi connectivity index (χ0v) is 14.8. The van der Waals surface area contributed by atoms with Crippen molar-refractivity contribution in [1.82, 2.24) is 4.98 Å². The van der Waals surface area contributed by atoms with Gasteiger partial charge < -0.3 is 0 Å². The molecule has 1 N–H and O–H groups in total. The topological polar surface area (TPSA) is 80.6 Å². The summed E-state index contributed by atoms with van der Waals surface area (Å²) in [6, 6.07) is 5.41. The third-order valence-electron chi connectivity index (χ3n) is 2.42. The van der Waals surface area contributed by atoms with Gasteiger partial charge in [-0.3, -0.25) is 9.50 Å². The lowest BCUT2D eigenvalue weighted by atomic mass is 10.4. The summed E-state index contributed by atoms with van der Waals surface area (Å²) < 4.78 is 22.1. The standard InChI is InChI=1S/C12H12ClN3O3S3/c1-19-22(18,9-5-3-4-8(13)6-9)16-11(17)15-12-14-7-10(20-2)21-12/h3-7H,1-2H3,(H,14,15,17). The van der Waals surface area contributed by atoms with Gasteiger partial charge in [-0.25, -0.2) is 14.0 Å². The minimum absolute atomic E-state index is 0.224. The van der Waals surface area contributed by atoms with Crippen LogP contribution < -0.4 is 5.32 Å². The number of halogens is 1. The molecule has 2 rings (SSSR count). The van der Waals surface area contributed by atoms with Crippen molar-refractivity contribution in [3.8, 4) is 0 Å². The smallest absolute Gasteiger partial charge is 0.284 e. The zero-order chi connectivity index (χ0) is 16.2. The van der Waals surface area contributed by atoms with Crippen molar-refractivity contribution in [3.63, 3.8) is 0 Å². The van der Waals surface area contributed by atoms with Gasteiger partial charge >= 0.3 is 6.03 Å². The Morgan fingerprint density at radius 1 is 1.55 bits per heavy atom. The summed E-state index contributed by atoms with van der Waals surface area (Å²) in [6.45, 7) is 0. The number of carbonyl (C=O) groups is 1. The van der Waals surface area contributed by atoms with E-state index in [1.807, 2.05) is 6.26 Å². The molecule has 1 aromatic heterocycles. The first-order valence-corrected chi connectivity index (χ1v) is 9.72. The molecule has 1 unspecified atom stereocenters. The number of amides is 2. The molecule has 2 amide bonds. The Bertz CT molecular complexity index is 800. The summed E-state index contributed by atoms with van der Waals surface area (Å²) in [6.07, 6.45) is 3.54. The van der Waals surface area contributed by atoms with E-state index >= 15 is 0 Å². The summed E-state index contributed by atoms with van der Waals surface area (Å²) >= 11 is 8.67. The molecule has 1 heterocycles. The number of aromatic nitrogens is 1. The van der Waals surface area contributed by atoms with Crippen molar-refractivity contribution in [2.45, 2.75) is 9.10 Å². The highest BCUT2D eigenvalue weighted by molar-refractivity contribution is 8.00. The van der Waals surface area contributed by atoms with Crippen LogP contribution in [0, 0.1) is 0 Å². The van der Waals surface area contributed by atoms with E-state index in [1.54, 1.807) is 18.3 Å². The zero-order valence-electron chi connectivity index (χ0n) is 11.6. The van der Waals surface area contributed by atoms with Crippen LogP contribution >= 0.6 is 34.7 Å². The van der Waals surface area contributed by atoms with Gasteiger partial charge in [-0.1, -0.05) is 29.0 Å². The molecule has 0 saturated carbocycles. The van der Waals surface area contributed by atoms with Gasteiger partial charge in [0.15, 0.2) is 5.13 Å². The van der Waals surface area contributed by atoms with Crippen LogP contribution in [0.1, 0.15) is 0 Å². The van der Waals surface area contributed by atoms with Crippen LogP contribution in [0.15, 0.2) is 43.9 Å². The first-order chi connectivity index (χ1) is 10.5. The van der Waals surface area contributed by atoms with Crippen molar-refractivity contribution in [2.24, 2.45) is 4.36 Å². The van der Waals surface area contributed by atoms with Crippen LogP contribution in [0.25, 0.3) is 0 Å². The Kier molecular flexibility index (Phi) is 5.81. The molecule has 10 heteroatoms. The molecule has 0 saturated heterocycles. The number of nitrogens with one attached hydrogen (secondary N) is 1. The van der Waals surface area contributed by atoms with Crippen LogP contribution in [-0.2, 0) is 14.2 Å². The maximum absolute atomic E-state index is 12.6. The number of nitrogens with zero attached hydrogens (tertiary/aromatic N) is 2. The molecule has 1 aromatic carbocycles. The largest absolute Gasteiger partial charge is 0.357 e. The number of anilines is 1. The van der Waals surface area contributed by atoms with Gasteiger partial charge in [0.05, 0.1) is 22.4 Å². The molecule has 0 spiro atoms. The van der Waals surface area contributed by atoms with Crippen LogP contribution in [0.4, 0.5) is 9.93 Å². The number of thiazole rings is 1. The molecule has 0 aliphatic rings. The lowest BCUT2D eigenvalue weighted by Crippen LogP contribution is -2.12. The number of carbonyl (C=O) groups excluding carboxylic acids is 1. The summed E-state index contributed by atoms with van der Waals surface area (Å²) in [5.74, 6) is 0. The lowest BCUT2D eigenvalue weighted by Gasteiger charge is -2.07. The van der Waals surface area contributed by atoms with Gasteiger partial charge in [0.2, 0.25) is 10.0 Å². The van der Waals surface area contributed by atoms with E-state index < -0.39 is 16.0 Å².